The van der Waals surface area contributed by atoms with Crippen LogP contribution in [-0.2, 0) is 0 Å². The molecule has 0 bridgehead atoms. The molecule has 0 heterocycles. The molecule has 0 aliphatic rings. The third-order valence-electron chi connectivity index (χ3n) is 2.67. The number of nitrogens with zero attached hydrogens (tertiary/aromatic N) is 1. The van der Waals surface area contributed by atoms with Gasteiger partial charge in [-0.2, -0.15) is 5.10 Å². The van der Waals surface area contributed by atoms with Crippen molar-refractivity contribution in [2.75, 3.05) is 5.43 Å². The number of aromatic carboxylic acids is 1. The normalized spacial score (nSPS) is 11.1. The minimum absolute atomic E-state index is 0.249. The first-order valence-electron chi connectivity index (χ1n) is 5.86. The van der Waals surface area contributed by atoms with Crippen LogP contribution < -0.4 is 5.43 Å². The quantitative estimate of drug-likeness (QED) is 0.650. The Hall–Kier alpha value is -2.62. The molecule has 0 radical (unpaired) electrons. The molecular weight excluding hydrogens is 240 g/mol. The van der Waals surface area contributed by atoms with E-state index in [1.54, 1.807) is 31.2 Å². The van der Waals surface area contributed by atoms with E-state index in [4.69, 9.17) is 5.11 Å². The summed E-state index contributed by atoms with van der Waals surface area (Å²) in [6, 6.07) is 16.3. The topological polar surface area (TPSA) is 61.7 Å². The lowest BCUT2D eigenvalue weighted by molar-refractivity contribution is 0.0696. The number of carboxylic acid groups (broad SMARTS) is 1. The van der Waals surface area contributed by atoms with Crippen molar-refractivity contribution in [3.8, 4) is 0 Å². The van der Waals surface area contributed by atoms with Gasteiger partial charge in [0.25, 0.3) is 0 Å². The number of hydrazone groups is 1. The van der Waals surface area contributed by atoms with E-state index in [0.29, 0.717) is 11.3 Å². The molecule has 0 saturated heterocycles. The Morgan fingerprint density at radius 3 is 2.21 bits per heavy atom. The van der Waals surface area contributed by atoms with Crippen LogP contribution in [0.4, 0.5) is 5.69 Å². The maximum atomic E-state index is 11.1. The molecule has 19 heavy (non-hydrogen) atoms. The summed E-state index contributed by atoms with van der Waals surface area (Å²) in [4.78, 5) is 11.1. The number of hydrogen-bond acceptors (Lipinski definition) is 3. The Labute approximate surface area is 111 Å². The van der Waals surface area contributed by atoms with Crippen molar-refractivity contribution >= 4 is 17.4 Å². The molecule has 0 amide bonds. The third kappa shape index (κ3) is 3.19. The molecule has 0 aliphatic heterocycles. The summed E-state index contributed by atoms with van der Waals surface area (Å²) in [5.74, 6) is -0.954. The van der Waals surface area contributed by atoms with Crippen LogP contribution in [0.25, 0.3) is 0 Å². The largest absolute Gasteiger partial charge is 0.478 e. The predicted molar refractivity (Wildman–Crippen MR) is 75.7 cm³/mol. The van der Waals surface area contributed by atoms with Crippen LogP contribution in [0, 0.1) is 0 Å². The smallest absolute Gasteiger partial charge is 0.336 e. The average molecular weight is 254 g/mol. The number of carbonyl (C=O) groups is 1. The molecule has 4 nitrogen and oxygen atoms in total. The third-order valence-corrected chi connectivity index (χ3v) is 2.67. The second kappa shape index (κ2) is 5.82. The molecule has 0 unspecified atom stereocenters. The van der Waals surface area contributed by atoms with Gasteiger partial charge in [0.1, 0.15) is 0 Å². The Bertz CT molecular complexity index is 607. The molecule has 2 aromatic rings. The van der Waals surface area contributed by atoms with Gasteiger partial charge in [-0.3, -0.25) is 5.43 Å². The molecule has 0 fully saturated rings. The van der Waals surface area contributed by atoms with Crippen molar-refractivity contribution in [2.45, 2.75) is 6.92 Å². The summed E-state index contributed by atoms with van der Waals surface area (Å²) in [6.07, 6.45) is 0. The van der Waals surface area contributed by atoms with Crippen molar-refractivity contribution in [1.82, 2.24) is 0 Å². The number of nitrogens with one attached hydrogen (secondary N) is 1. The summed E-state index contributed by atoms with van der Waals surface area (Å²) in [7, 11) is 0. The van der Waals surface area contributed by atoms with Gasteiger partial charge < -0.3 is 5.11 Å². The van der Waals surface area contributed by atoms with Crippen molar-refractivity contribution in [1.29, 1.82) is 0 Å². The van der Waals surface area contributed by atoms with Crippen molar-refractivity contribution in [3.05, 3.63) is 65.7 Å². The van der Waals surface area contributed by atoms with Gasteiger partial charge in [-0.25, -0.2) is 4.79 Å². The van der Waals surface area contributed by atoms with Gasteiger partial charge in [-0.15, -0.1) is 0 Å². The second-order valence-electron chi connectivity index (χ2n) is 4.03. The zero-order valence-electron chi connectivity index (χ0n) is 10.5. The van der Waals surface area contributed by atoms with E-state index >= 15 is 0 Å². The molecule has 2 rings (SSSR count). The molecule has 2 N–H and O–H groups in total. The van der Waals surface area contributed by atoms with Crippen molar-refractivity contribution in [2.24, 2.45) is 5.10 Å². The van der Waals surface area contributed by atoms with Crippen molar-refractivity contribution < 1.29 is 9.90 Å². The molecule has 4 heteroatoms. The highest BCUT2D eigenvalue weighted by atomic mass is 16.4. The highest BCUT2D eigenvalue weighted by Gasteiger charge is 2.10. The fourth-order valence-electron chi connectivity index (χ4n) is 1.71. The van der Waals surface area contributed by atoms with Crippen LogP contribution in [0.5, 0.6) is 0 Å². The summed E-state index contributed by atoms with van der Waals surface area (Å²) < 4.78 is 0. The summed E-state index contributed by atoms with van der Waals surface area (Å²) in [5.41, 5.74) is 5.25. The fourth-order valence-corrected chi connectivity index (χ4v) is 1.71. The van der Waals surface area contributed by atoms with Crippen LogP contribution in [0.15, 0.2) is 59.7 Å². The number of hydrogen-bond donors (Lipinski definition) is 2. The van der Waals surface area contributed by atoms with Gasteiger partial charge in [0, 0.05) is 5.56 Å². The highest BCUT2D eigenvalue weighted by Crippen LogP contribution is 2.11. The minimum Gasteiger partial charge on any atom is -0.478 e. The van der Waals surface area contributed by atoms with Gasteiger partial charge in [-0.1, -0.05) is 36.4 Å². The van der Waals surface area contributed by atoms with Crippen molar-refractivity contribution in [3.63, 3.8) is 0 Å². The summed E-state index contributed by atoms with van der Waals surface area (Å²) in [6.45, 7) is 1.78. The number of anilines is 1. The molecule has 0 aromatic heterocycles. The van der Waals surface area contributed by atoms with Gasteiger partial charge in [0.2, 0.25) is 0 Å². The number of rotatable bonds is 4. The van der Waals surface area contributed by atoms with E-state index in [1.807, 2.05) is 30.3 Å². The Kier molecular flexibility index (Phi) is 3.93. The zero-order valence-corrected chi connectivity index (χ0v) is 10.5. The van der Waals surface area contributed by atoms with E-state index in [0.717, 1.165) is 5.69 Å². The molecule has 0 spiro atoms. The average Bonchev–Trinajstić information content (AvgIpc) is 2.46. The summed E-state index contributed by atoms with van der Waals surface area (Å²) >= 11 is 0. The molecular formula is C15H14N2O2. The van der Waals surface area contributed by atoms with E-state index in [9.17, 15) is 4.79 Å². The zero-order chi connectivity index (χ0) is 13.7. The van der Waals surface area contributed by atoms with Crippen LogP contribution in [0.2, 0.25) is 0 Å². The van der Waals surface area contributed by atoms with E-state index in [2.05, 4.69) is 10.5 Å². The lowest BCUT2D eigenvalue weighted by Gasteiger charge is -2.06. The van der Waals surface area contributed by atoms with E-state index in [1.165, 1.54) is 0 Å². The minimum atomic E-state index is -0.954. The standard InChI is InChI=1S/C15H14N2O2/c1-11(16-17-12-7-3-2-4-8-12)13-9-5-6-10-14(13)15(18)19/h2-10,17H,1H3,(H,18,19). The molecule has 0 saturated carbocycles. The first-order valence-corrected chi connectivity index (χ1v) is 5.86. The predicted octanol–water partition coefficient (Wildman–Crippen LogP) is 3.22. The first-order chi connectivity index (χ1) is 9.18. The van der Waals surface area contributed by atoms with Gasteiger partial charge in [0.15, 0.2) is 0 Å². The fraction of sp³-hybridized carbons (Fsp3) is 0.0667. The molecule has 2 aromatic carbocycles. The Balaban J connectivity index is 2.24. The lowest BCUT2D eigenvalue weighted by atomic mass is 10.0. The van der Waals surface area contributed by atoms with Crippen LogP contribution in [0.3, 0.4) is 0 Å². The highest BCUT2D eigenvalue weighted by molar-refractivity contribution is 6.07. The van der Waals surface area contributed by atoms with Gasteiger partial charge in [0.05, 0.1) is 17.0 Å². The van der Waals surface area contributed by atoms with Crippen LogP contribution in [-0.4, -0.2) is 16.8 Å². The summed E-state index contributed by atoms with van der Waals surface area (Å²) in [5, 5.41) is 13.3. The number of carboxylic acids is 1. The maximum absolute atomic E-state index is 11.1. The van der Waals surface area contributed by atoms with E-state index < -0.39 is 5.97 Å². The first kappa shape index (κ1) is 12.8. The lowest BCUT2D eigenvalue weighted by Crippen LogP contribution is -2.08. The second-order valence-corrected chi connectivity index (χ2v) is 4.03. The molecule has 96 valence electrons. The Morgan fingerprint density at radius 1 is 1.00 bits per heavy atom. The SMILES string of the molecule is CC(=NNc1ccccc1)c1ccccc1C(=O)O. The number of para-hydroxylation sites is 1. The molecule has 0 aliphatic carbocycles. The van der Waals surface area contributed by atoms with Gasteiger partial charge in [-0.05, 0) is 25.1 Å². The van der Waals surface area contributed by atoms with E-state index in [-0.39, 0.29) is 5.56 Å². The van der Waals surface area contributed by atoms with Gasteiger partial charge >= 0.3 is 5.97 Å². The molecule has 0 atom stereocenters. The maximum Gasteiger partial charge on any atom is 0.336 e. The van der Waals surface area contributed by atoms with Crippen LogP contribution >= 0.6 is 0 Å². The van der Waals surface area contributed by atoms with Crippen LogP contribution in [0.1, 0.15) is 22.8 Å². The number of benzene rings is 2. The Morgan fingerprint density at radius 2 is 1.58 bits per heavy atom. The monoisotopic (exact) mass is 254 g/mol.